The van der Waals surface area contributed by atoms with Crippen LogP contribution >= 0.6 is 0 Å². The van der Waals surface area contributed by atoms with Crippen LogP contribution in [0.25, 0.3) is 16.7 Å². The fraction of sp³-hybridized carbons (Fsp3) is 0.360. The summed E-state index contributed by atoms with van der Waals surface area (Å²) in [5.74, 6) is 0.299. The number of hydrogen-bond acceptors (Lipinski definition) is 1. The Morgan fingerprint density at radius 2 is 1.79 bits per heavy atom. The lowest BCUT2D eigenvalue weighted by Gasteiger charge is -2.20. The Bertz CT molecular complexity index is 898. The second kappa shape index (κ2) is 7.90. The van der Waals surface area contributed by atoms with Crippen LogP contribution in [-0.4, -0.2) is 7.11 Å². The van der Waals surface area contributed by atoms with Crippen LogP contribution in [0.15, 0.2) is 55.1 Å². The number of hydrogen-bond donors (Lipinski definition) is 0. The van der Waals surface area contributed by atoms with Crippen LogP contribution in [0.3, 0.4) is 0 Å². The van der Waals surface area contributed by atoms with Gasteiger partial charge in [-0.25, -0.2) is 4.39 Å². The Labute approximate surface area is 165 Å². The molecule has 2 aromatic rings. The lowest BCUT2D eigenvalue weighted by atomic mass is 9.85. The minimum Gasteiger partial charge on any atom is -0.494 e. The molecule has 3 atom stereocenters. The van der Waals surface area contributed by atoms with Crippen LogP contribution in [0.2, 0.25) is 0 Å². The van der Waals surface area contributed by atoms with E-state index in [1.54, 1.807) is 6.07 Å². The Balaban J connectivity index is 1.54. The van der Waals surface area contributed by atoms with E-state index < -0.39 is 11.6 Å². The highest BCUT2D eigenvalue weighted by molar-refractivity contribution is 5.73. The van der Waals surface area contributed by atoms with Gasteiger partial charge in [-0.05, 0) is 78.7 Å². The first-order chi connectivity index (χ1) is 13.6. The molecule has 0 spiro atoms. The topological polar surface area (TPSA) is 9.23 Å². The average Bonchev–Trinajstić information content (AvgIpc) is 3.31. The number of ether oxygens (including phenoxy) is 1. The lowest BCUT2D eigenvalue weighted by molar-refractivity contribution is 0.352. The van der Waals surface area contributed by atoms with E-state index in [-0.39, 0.29) is 11.3 Å². The summed E-state index contributed by atoms with van der Waals surface area (Å²) in [6.07, 6.45) is 10.5. The van der Waals surface area contributed by atoms with E-state index in [0.29, 0.717) is 11.5 Å². The van der Waals surface area contributed by atoms with Crippen molar-refractivity contribution in [1.29, 1.82) is 0 Å². The van der Waals surface area contributed by atoms with E-state index in [0.717, 1.165) is 24.7 Å². The molecule has 3 heteroatoms. The maximum Gasteiger partial charge on any atom is 0.201 e. The predicted octanol–water partition coefficient (Wildman–Crippen LogP) is 7.04. The van der Waals surface area contributed by atoms with Gasteiger partial charge in [0.15, 0.2) is 11.6 Å². The summed E-state index contributed by atoms with van der Waals surface area (Å²) in [6.45, 7) is 3.85. The minimum atomic E-state index is -0.943. The molecule has 3 unspecified atom stereocenters. The van der Waals surface area contributed by atoms with E-state index in [1.165, 1.54) is 43.6 Å². The molecular weight excluding hydrogens is 354 g/mol. The highest BCUT2D eigenvalue weighted by Crippen LogP contribution is 2.52. The van der Waals surface area contributed by atoms with Crippen molar-refractivity contribution in [2.24, 2.45) is 17.8 Å². The van der Waals surface area contributed by atoms with Crippen molar-refractivity contribution in [3.8, 4) is 16.9 Å². The summed E-state index contributed by atoms with van der Waals surface area (Å²) in [4.78, 5) is 0. The van der Waals surface area contributed by atoms with Crippen molar-refractivity contribution in [2.45, 2.75) is 32.1 Å². The fourth-order valence-electron chi connectivity index (χ4n) is 5.08. The zero-order valence-electron chi connectivity index (χ0n) is 16.3. The van der Waals surface area contributed by atoms with Crippen LogP contribution in [-0.2, 0) is 0 Å². The standard InChI is InChI=1S/C25H26F2O/c1-3-4-5-16-10-11-22-19(16)12-13-20(22)17-6-8-18(9-7-17)21-14-15-23(28-2)25(27)24(21)26/h3,6-9,13-16,19,22H,1,4-5,10-12H2,2H3. The first kappa shape index (κ1) is 18.9. The smallest absolute Gasteiger partial charge is 0.201 e. The molecule has 2 aliphatic carbocycles. The molecule has 0 bridgehead atoms. The van der Waals surface area contributed by atoms with E-state index in [9.17, 15) is 8.78 Å². The number of allylic oxidation sites excluding steroid dienone is 3. The summed E-state index contributed by atoms with van der Waals surface area (Å²) in [6, 6.07) is 10.9. The number of fused-ring (bicyclic) bond motifs is 1. The molecule has 0 amide bonds. The molecule has 2 aromatic carbocycles. The van der Waals surface area contributed by atoms with Crippen LogP contribution < -0.4 is 4.74 Å². The molecule has 1 saturated carbocycles. The molecular formula is C25H26F2O. The number of benzene rings is 2. The van der Waals surface area contributed by atoms with Crippen molar-refractivity contribution in [1.82, 2.24) is 0 Å². The SMILES string of the molecule is C=CCCC1CCC2C(c3ccc(-c4ccc(OC)c(F)c4F)cc3)=CCC12. The Hall–Kier alpha value is -2.42. The van der Waals surface area contributed by atoms with Crippen molar-refractivity contribution < 1.29 is 13.5 Å². The van der Waals surface area contributed by atoms with Crippen molar-refractivity contribution in [2.75, 3.05) is 7.11 Å². The van der Waals surface area contributed by atoms with E-state index in [2.05, 4.69) is 12.7 Å². The van der Waals surface area contributed by atoms with Gasteiger partial charge in [0.2, 0.25) is 5.82 Å². The summed E-state index contributed by atoms with van der Waals surface area (Å²) in [5, 5.41) is 0. The first-order valence-corrected chi connectivity index (χ1v) is 10.1. The molecule has 0 heterocycles. The normalized spacial score (nSPS) is 23.4. The Morgan fingerprint density at radius 1 is 1.04 bits per heavy atom. The third-order valence-corrected chi connectivity index (χ3v) is 6.52. The van der Waals surface area contributed by atoms with Gasteiger partial charge < -0.3 is 4.74 Å². The molecule has 28 heavy (non-hydrogen) atoms. The third-order valence-electron chi connectivity index (χ3n) is 6.52. The van der Waals surface area contributed by atoms with Crippen molar-refractivity contribution in [3.63, 3.8) is 0 Å². The Kier molecular flexibility index (Phi) is 5.34. The van der Waals surface area contributed by atoms with E-state index >= 15 is 0 Å². The van der Waals surface area contributed by atoms with Crippen LogP contribution in [0, 0.1) is 29.4 Å². The second-order valence-corrected chi connectivity index (χ2v) is 7.89. The molecule has 0 N–H and O–H groups in total. The van der Waals surface area contributed by atoms with Crippen LogP contribution in [0.5, 0.6) is 5.75 Å². The first-order valence-electron chi connectivity index (χ1n) is 10.1. The highest BCUT2D eigenvalue weighted by Gasteiger charge is 2.40. The molecule has 0 radical (unpaired) electrons. The maximum absolute atomic E-state index is 14.4. The lowest BCUT2D eigenvalue weighted by Crippen LogP contribution is -2.11. The molecule has 146 valence electrons. The van der Waals surface area contributed by atoms with Gasteiger partial charge in [0.1, 0.15) is 0 Å². The summed E-state index contributed by atoms with van der Waals surface area (Å²) in [5.41, 5.74) is 3.57. The molecule has 1 fully saturated rings. The van der Waals surface area contributed by atoms with Crippen molar-refractivity contribution in [3.05, 3.63) is 72.3 Å². The van der Waals surface area contributed by atoms with Gasteiger partial charge in [0.25, 0.3) is 0 Å². The molecule has 0 aliphatic heterocycles. The Morgan fingerprint density at radius 3 is 2.50 bits per heavy atom. The van der Waals surface area contributed by atoms with Gasteiger partial charge >= 0.3 is 0 Å². The van der Waals surface area contributed by atoms with E-state index in [4.69, 9.17) is 4.74 Å². The zero-order valence-corrected chi connectivity index (χ0v) is 16.3. The molecule has 0 saturated heterocycles. The fourth-order valence-corrected chi connectivity index (χ4v) is 5.08. The quantitative estimate of drug-likeness (QED) is 0.489. The van der Waals surface area contributed by atoms with Crippen LogP contribution in [0.1, 0.15) is 37.7 Å². The molecule has 0 aromatic heterocycles. The van der Waals surface area contributed by atoms with Gasteiger partial charge in [0.05, 0.1) is 7.11 Å². The zero-order chi connectivity index (χ0) is 19.7. The molecule has 4 rings (SSSR count). The van der Waals surface area contributed by atoms with Gasteiger partial charge in [0, 0.05) is 5.56 Å². The van der Waals surface area contributed by atoms with Gasteiger partial charge in [-0.3, -0.25) is 0 Å². The third kappa shape index (κ3) is 3.28. The average molecular weight is 380 g/mol. The highest BCUT2D eigenvalue weighted by atomic mass is 19.2. The number of methoxy groups -OCH3 is 1. The summed E-state index contributed by atoms with van der Waals surface area (Å²) >= 11 is 0. The molecule has 2 aliphatic rings. The molecule has 1 nitrogen and oxygen atoms in total. The van der Waals surface area contributed by atoms with Gasteiger partial charge in [-0.1, -0.05) is 36.4 Å². The minimum absolute atomic E-state index is 0.0766. The largest absolute Gasteiger partial charge is 0.494 e. The van der Waals surface area contributed by atoms with Crippen molar-refractivity contribution >= 4 is 5.57 Å². The van der Waals surface area contributed by atoms with E-state index in [1.807, 2.05) is 30.3 Å². The van der Waals surface area contributed by atoms with Gasteiger partial charge in [-0.2, -0.15) is 4.39 Å². The van der Waals surface area contributed by atoms with Crippen LogP contribution in [0.4, 0.5) is 8.78 Å². The van der Waals surface area contributed by atoms with Gasteiger partial charge in [-0.15, -0.1) is 6.58 Å². The summed E-state index contributed by atoms with van der Waals surface area (Å²) in [7, 11) is 1.33. The monoisotopic (exact) mass is 380 g/mol. The predicted molar refractivity (Wildman–Crippen MR) is 110 cm³/mol. The maximum atomic E-state index is 14.4. The summed E-state index contributed by atoms with van der Waals surface area (Å²) < 4.78 is 33.3. The number of rotatable bonds is 6. The number of halogens is 2. The second-order valence-electron chi connectivity index (χ2n) is 7.89.